The van der Waals surface area contributed by atoms with Crippen molar-refractivity contribution in [1.29, 1.82) is 0 Å². The van der Waals surface area contributed by atoms with E-state index >= 15 is 0 Å². The number of carbonyl (C=O) groups is 5. The number of rotatable bonds is 20. The van der Waals surface area contributed by atoms with E-state index in [2.05, 4.69) is 76.4 Å². The van der Waals surface area contributed by atoms with E-state index in [4.69, 9.17) is 0 Å². The zero-order chi connectivity index (χ0) is 64.2. The van der Waals surface area contributed by atoms with E-state index in [1.165, 1.54) is 22.7 Å². The molecule has 0 unspecified atom stereocenters. The Balaban J connectivity index is 0.000000127. The maximum atomic E-state index is 13.1. The Morgan fingerprint density at radius 3 is 1.58 bits per heavy atom. The Hall–Kier alpha value is -8.79. The summed E-state index contributed by atoms with van der Waals surface area (Å²) in [5.74, 6) is -0.395. The van der Waals surface area contributed by atoms with Crippen molar-refractivity contribution in [3.8, 4) is 32.4 Å². The normalized spacial score (nSPS) is 16.5. The number of ether oxygens (including phenoxy) is 1. The van der Waals surface area contributed by atoms with Crippen molar-refractivity contribution in [2.24, 2.45) is 17.8 Å². The molecule has 4 fully saturated rings. The SMILES string of the molecule is O=C(NCCc1nccs1)c1cc(-c2cccc3nc(NC(=O)C4CC4)nn23)cs1.O=C(NCCc1nccs1)c1ccc(-c2cccc3nc(NC(=O)C4CC4)nn23)s1.O=C(Nc1nc2cccc(-c3ccc(CN4CCC(OC(F)(F)F)CC4)s3)n2n1)[C@H]1C[C@@H]1F. The molecule has 5 N–H and O–H groups in total. The molecule has 11 aromatic rings. The van der Waals surface area contributed by atoms with Gasteiger partial charge in [0.15, 0.2) is 16.9 Å². The summed E-state index contributed by atoms with van der Waals surface area (Å²) >= 11 is 7.50. The van der Waals surface area contributed by atoms with E-state index in [1.54, 1.807) is 66.0 Å². The number of nitrogens with one attached hydrogen (secondary N) is 5. The van der Waals surface area contributed by atoms with Crippen molar-refractivity contribution in [3.63, 3.8) is 0 Å². The number of aromatic nitrogens is 11. The minimum atomic E-state index is -4.59. The van der Waals surface area contributed by atoms with Crippen LogP contribution in [0.5, 0.6) is 0 Å². The highest BCUT2D eigenvalue weighted by Gasteiger charge is 2.44. The molecule has 4 aliphatic rings. The second-order valence-corrected chi connectivity index (χ2v) is 27.4. The molecule has 23 nitrogen and oxygen atoms in total. The molecular formula is C61H57F4N17O6S5. The van der Waals surface area contributed by atoms with Crippen LogP contribution in [0.25, 0.3) is 49.3 Å². The molecular weight excluding hydrogens is 1300 g/mol. The van der Waals surface area contributed by atoms with Gasteiger partial charge in [-0.15, -0.1) is 85.2 Å². The van der Waals surface area contributed by atoms with Crippen LogP contribution < -0.4 is 26.6 Å². The number of thiophene rings is 3. The van der Waals surface area contributed by atoms with Crippen LogP contribution in [0.2, 0.25) is 0 Å². The highest BCUT2D eigenvalue weighted by molar-refractivity contribution is 7.17. The number of hydrogen-bond acceptors (Lipinski definition) is 20. The van der Waals surface area contributed by atoms with E-state index in [9.17, 15) is 41.5 Å². The number of halogens is 4. The van der Waals surface area contributed by atoms with Crippen LogP contribution in [0.15, 0.2) is 113 Å². The minimum absolute atomic E-state index is 0.0275. The van der Waals surface area contributed by atoms with Gasteiger partial charge in [-0.25, -0.2) is 27.9 Å². The molecule has 2 atom stereocenters. The fourth-order valence-electron chi connectivity index (χ4n) is 10.1. The molecule has 5 amide bonds. The first kappa shape index (κ1) is 63.0. The lowest BCUT2D eigenvalue weighted by molar-refractivity contribution is -0.345. The number of anilines is 3. The third kappa shape index (κ3) is 16.0. The van der Waals surface area contributed by atoms with Gasteiger partial charge in [0.1, 0.15) is 6.17 Å². The van der Waals surface area contributed by atoms with Gasteiger partial charge in [0.2, 0.25) is 35.6 Å². The van der Waals surface area contributed by atoms with Crippen molar-refractivity contribution in [1.82, 2.24) is 69.3 Å². The summed E-state index contributed by atoms with van der Waals surface area (Å²) in [4.78, 5) is 88.8. The van der Waals surface area contributed by atoms with Crippen LogP contribution in [0.1, 0.15) is 79.2 Å². The maximum Gasteiger partial charge on any atom is 0.522 e. The van der Waals surface area contributed by atoms with E-state index < -0.39 is 30.5 Å². The quantitative estimate of drug-likeness (QED) is 0.0444. The first-order chi connectivity index (χ1) is 45.1. The summed E-state index contributed by atoms with van der Waals surface area (Å²) < 4.78 is 59.5. The van der Waals surface area contributed by atoms with Crippen LogP contribution in [0.4, 0.5) is 35.4 Å². The average Bonchev–Trinajstić information content (AvgIpc) is 1.77. The van der Waals surface area contributed by atoms with Gasteiger partial charge in [-0.1, -0.05) is 18.2 Å². The number of hydrogen-bond donors (Lipinski definition) is 5. The van der Waals surface area contributed by atoms with Crippen molar-refractivity contribution in [2.75, 3.05) is 42.1 Å². The number of nitrogens with zero attached hydrogens (tertiary/aromatic N) is 12. The molecule has 12 heterocycles. The Kier molecular flexibility index (Phi) is 18.8. The average molecular weight is 1360 g/mol. The predicted molar refractivity (Wildman–Crippen MR) is 345 cm³/mol. The molecule has 32 heteroatoms. The van der Waals surface area contributed by atoms with Crippen LogP contribution in [0.3, 0.4) is 0 Å². The van der Waals surface area contributed by atoms with Gasteiger partial charge in [0, 0.05) is 96.4 Å². The number of piperidine rings is 1. The largest absolute Gasteiger partial charge is 0.522 e. The van der Waals surface area contributed by atoms with Crippen molar-refractivity contribution in [3.05, 3.63) is 138 Å². The molecule has 1 aliphatic heterocycles. The van der Waals surface area contributed by atoms with E-state index in [-0.39, 0.29) is 47.8 Å². The van der Waals surface area contributed by atoms with E-state index in [1.807, 2.05) is 95.0 Å². The third-order valence-corrected chi connectivity index (χ3v) is 20.1. The third-order valence-electron chi connectivity index (χ3n) is 15.3. The standard InChI is InChI=1S/C21H21F4N5O2S.2C20H18N6O2S2/c22-15-10-14(15)19(31)27-20-26-18-3-1-2-16(30(18)28-20)17-5-4-13(33-17)11-29-8-6-12(7-9-29)32-21(23,24)25;27-18(12-4-5-12)24-20-23-16-3-1-2-14(26(16)25-20)13-10-15(30-11-13)19(28)22-7-6-17-21-8-9-29-17;27-18(12-4-5-12)24-20-23-16-3-1-2-13(26(16)25-20)14-6-7-15(30-14)19(28)22-9-8-17-21-10-11-29-17/h1-5,12,14-15H,6-11H2,(H,27,28,31);1-3,8-12H,4-7H2,(H,22,28)(H,24,25,27);1-3,6-7,10-12H,4-5,8-9H2,(H,22,28)(H,24,25,27)/t14-,15-;;/m0../s1. The molecule has 0 radical (unpaired) electrons. The fraction of sp³-hybridized carbons (Fsp3) is 0.328. The van der Waals surface area contributed by atoms with Crippen LogP contribution in [-0.4, -0.2) is 133 Å². The van der Waals surface area contributed by atoms with Gasteiger partial charge in [0.25, 0.3) is 11.8 Å². The summed E-state index contributed by atoms with van der Waals surface area (Å²) in [6.45, 7) is 2.81. The lowest BCUT2D eigenvalue weighted by Crippen LogP contribution is -2.38. The molecule has 15 rings (SSSR count). The smallest absolute Gasteiger partial charge is 0.351 e. The number of fused-ring (bicyclic) bond motifs is 3. The van der Waals surface area contributed by atoms with Crippen molar-refractivity contribution < 1.29 is 46.3 Å². The maximum absolute atomic E-state index is 13.1. The van der Waals surface area contributed by atoms with E-state index in [0.717, 1.165) is 85.8 Å². The van der Waals surface area contributed by atoms with Crippen molar-refractivity contribution in [2.45, 2.75) is 83.0 Å². The zero-order valence-electron chi connectivity index (χ0n) is 49.1. The second kappa shape index (κ2) is 27.8. The van der Waals surface area contributed by atoms with Gasteiger partial charge in [0.05, 0.1) is 58.6 Å². The predicted octanol–water partition coefficient (Wildman–Crippen LogP) is 10.7. The van der Waals surface area contributed by atoms with Gasteiger partial charge in [-0.3, -0.25) is 49.6 Å². The van der Waals surface area contributed by atoms with Gasteiger partial charge in [-0.05, 0) is 112 Å². The molecule has 480 valence electrons. The zero-order valence-corrected chi connectivity index (χ0v) is 53.2. The number of carbonyl (C=O) groups excluding carboxylic acids is 5. The Labute approximate surface area is 546 Å². The highest BCUT2D eigenvalue weighted by atomic mass is 32.1. The Bertz CT molecular complexity index is 4280. The minimum Gasteiger partial charge on any atom is -0.351 e. The lowest BCUT2D eigenvalue weighted by Gasteiger charge is -2.31. The molecule has 11 aromatic heterocycles. The summed E-state index contributed by atoms with van der Waals surface area (Å²) in [5, 5.41) is 35.1. The molecule has 0 bridgehead atoms. The van der Waals surface area contributed by atoms with Gasteiger partial charge in [-0.2, -0.15) is 15.0 Å². The Morgan fingerprint density at radius 2 is 1.08 bits per heavy atom. The molecule has 0 spiro atoms. The van der Waals surface area contributed by atoms with Crippen LogP contribution in [-0.2, 0) is 38.5 Å². The molecule has 93 heavy (non-hydrogen) atoms. The molecule has 0 aromatic carbocycles. The fourth-order valence-corrected chi connectivity index (χ4v) is 14.1. The first-order valence-electron chi connectivity index (χ1n) is 29.8. The number of pyridine rings is 3. The number of thiazole rings is 2. The topological polar surface area (TPSA) is 274 Å². The number of amides is 5. The van der Waals surface area contributed by atoms with Gasteiger partial charge < -0.3 is 10.6 Å². The number of likely N-dealkylation sites (tertiary alicyclic amines) is 1. The monoisotopic (exact) mass is 1360 g/mol. The highest BCUT2D eigenvalue weighted by Crippen LogP contribution is 2.37. The summed E-state index contributed by atoms with van der Waals surface area (Å²) in [7, 11) is 0. The molecule has 1 saturated heterocycles. The number of alkyl halides is 4. The van der Waals surface area contributed by atoms with Gasteiger partial charge >= 0.3 is 6.36 Å². The summed E-state index contributed by atoms with van der Waals surface area (Å²) in [6.07, 6.45) is 3.12. The van der Waals surface area contributed by atoms with E-state index in [0.29, 0.717) is 84.2 Å². The molecule has 3 aliphatic carbocycles. The summed E-state index contributed by atoms with van der Waals surface area (Å²) in [5.41, 5.74) is 5.13. The Morgan fingerprint density at radius 1 is 0.581 bits per heavy atom. The molecule has 3 saturated carbocycles. The lowest BCUT2D eigenvalue weighted by atomic mass is 10.1. The van der Waals surface area contributed by atoms with Crippen LogP contribution >= 0.6 is 56.7 Å². The second-order valence-electron chi connectivity index (χ2n) is 22.3. The van der Waals surface area contributed by atoms with Crippen LogP contribution in [0, 0.1) is 17.8 Å². The first-order valence-corrected chi connectivity index (χ1v) is 34.1. The van der Waals surface area contributed by atoms with Crippen molar-refractivity contribution >= 4 is 121 Å². The summed E-state index contributed by atoms with van der Waals surface area (Å²) in [6, 6.07) is 26.3.